The van der Waals surface area contributed by atoms with Crippen molar-refractivity contribution < 1.29 is 22.8 Å². The molecule has 2 aromatic rings. The lowest BCUT2D eigenvalue weighted by molar-refractivity contribution is 0.0985. The summed E-state index contributed by atoms with van der Waals surface area (Å²) in [4.78, 5) is 24.2. The van der Waals surface area contributed by atoms with Crippen molar-refractivity contribution in [3.63, 3.8) is 0 Å². The first kappa shape index (κ1) is 14.1. The molecular formula is C16H8F3NO2. The monoisotopic (exact) mass is 303 g/mol. The van der Waals surface area contributed by atoms with Crippen molar-refractivity contribution in [2.24, 2.45) is 0 Å². The molecule has 0 aromatic heterocycles. The van der Waals surface area contributed by atoms with Gasteiger partial charge in [-0.05, 0) is 0 Å². The van der Waals surface area contributed by atoms with E-state index in [1.807, 2.05) is 0 Å². The van der Waals surface area contributed by atoms with Gasteiger partial charge in [-0.1, -0.05) is 24.3 Å². The number of carbonyl (C=O) groups excluding carboxylic acids is 2. The number of Topliss-reactive ketones (excluding diaryl/α,β-unsaturated/α-hetero) is 1. The van der Waals surface area contributed by atoms with Crippen molar-refractivity contribution in [2.75, 3.05) is 5.32 Å². The van der Waals surface area contributed by atoms with Crippen molar-refractivity contribution in [1.29, 1.82) is 0 Å². The van der Waals surface area contributed by atoms with E-state index in [0.717, 1.165) is 6.08 Å². The van der Waals surface area contributed by atoms with Gasteiger partial charge in [-0.2, -0.15) is 0 Å². The van der Waals surface area contributed by atoms with Gasteiger partial charge in [0.1, 0.15) is 5.82 Å². The first-order valence-corrected chi connectivity index (χ1v) is 6.28. The zero-order valence-corrected chi connectivity index (χ0v) is 11.0. The minimum Gasteiger partial charge on any atom is -0.350 e. The average molecular weight is 303 g/mol. The average Bonchev–Trinajstić information content (AvgIpc) is 2.50. The highest BCUT2D eigenvalue weighted by Gasteiger charge is 2.26. The molecule has 0 atom stereocenters. The molecule has 0 fully saturated rings. The zero-order chi connectivity index (χ0) is 15.9. The lowest BCUT2D eigenvalue weighted by Gasteiger charge is -2.16. The number of fused-ring (bicyclic) bond motifs is 1. The van der Waals surface area contributed by atoms with E-state index < -0.39 is 34.7 Å². The van der Waals surface area contributed by atoms with Gasteiger partial charge in [0, 0.05) is 29.3 Å². The molecule has 1 aliphatic rings. The van der Waals surface area contributed by atoms with E-state index in [0.29, 0.717) is 12.1 Å². The third-order valence-electron chi connectivity index (χ3n) is 3.24. The molecule has 0 unspecified atom stereocenters. The van der Waals surface area contributed by atoms with Gasteiger partial charge in [-0.25, -0.2) is 13.2 Å². The zero-order valence-electron chi connectivity index (χ0n) is 11.0. The van der Waals surface area contributed by atoms with E-state index >= 15 is 0 Å². The van der Waals surface area contributed by atoms with Crippen molar-refractivity contribution >= 4 is 17.3 Å². The van der Waals surface area contributed by atoms with E-state index in [-0.39, 0.29) is 16.8 Å². The fourth-order valence-electron chi connectivity index (χ4n) is 2.17. The number of nitrogens with one attached hydrogen (secondary N) is 1. The molecule has 0 saturated heterocycles. The molecule has 3 rings (SSSR count). The Morgan fingerprint density at radius 3 is 2.18 bits per heavy atom. The van der Waals surface area contributed by atoms with Crippen LogP contribution in [0, 0.1) is 17.5 Å². The van der Waals surface area contributed by atoms with Gasteiger partial charge in [0.25, 0.3) is 0 Å². The van der Waals surface area contributed by atoms with Crippen LogP contribution in [0.1, 0.15) is 20.7 Å². The summed E-state index contributed by atoms with van der Waals surface area (Å²) in [5.74, 6) is -4.63. The molecule has 0 spiro atoms. The van der Waals surface area contributed by atoms with E-state index in [4.69, 9.17) is 0 Å². The van der Waals surface area contributed by atoms with Gasteiger partial charge < -0.3 is 5.32 Å². The second-order valence-electron chi connectivity index (χ2n) is 4.67. The summed E-state index contributed by atoms with van der Waals surface area (Å²) in [6, 6.07) is 7.12. The molecule has 1 aliphatic carbocycles. The number of anilines is 1. The van der Waals surface area contributed by atoms with Gasteiger partial charge in [0.2, 0.25) is 5.78 Å². The predicted molar refractivity (Wildman–Crippen MR) is 73.1 cm³/mol. The number of ketones is 2. The van der Waals surface area contributed by atoms with E-state index in [2.05, 4.69) is 5.32 Å². The van der Waals surface area contributed by atoms with Gasteiger partial charge in [-0.15, -0.1) is 0 Å². The Hall–Kier alpha value is -2.89. The molecule has 22 heavy (non-hydrogen) atoms. The predicted octanol–water partition coefficient (Wildman–Crippen LogP) is 3.48. The third-order valence-corrected chi connectivity index (χ3v) is 3.24. The van der Waals surface area contributed by atoms with Crippen LogP contribution >= 0.6 is 0 Å². The number of benzene rings is 2. The van der Waals surface area contributed by atoms with Gasteiger partial charge >= 0.3 is 0 Å². The molecule has 0 bridgehead atoms. The first-order valence-electron chi connectivity index (χ1n) is 6.28. The largest absolute Gasteiger partial charge is 0.350 e. The fourth-order valence-corrected chi connectivity index (χ4v) is 2.17. The molecular weight excluding hydrogens is 295 g/mol. The first-order chi connectivity index (χ1) is 10.5. The molecule has 0 amide bonds. The Labute approximate surface area is 123 Å². The van der Waals surface area contributed by atoms with E-state index in [1.54, 1.807) is 12.1 Å². The summed E-state index contributed by atoms with van der Waals surface area (Å²) in [7, 11) is 0. The summed E-state index contributed by atoms with van der Waals surface area (Å²) in [5, 5.41) is 2.35. The van der Waals surface area contributed by atoms with Crippen molar-refractivity contribution in [3.05, 3.63) is 76.7 Å². The highest BCUT2D eigenvalue weighted by Crippen LogP contribution is 2.25. The summed E-state index contributed by atoms with van der Waals surface area (Å²) >= 11 is 0. The SMILES string of the molecule is O=C1C=C(Nc2cc(F)c(F)cc2F)C(=O)c2ccccc21. The van der Waals surface area contributed by atoms with E-state index in [9.17, 15) is 22.8 Å². The van der Waals surface area contributed by atoms with Crippen LogP contribution < -0.4 is 5.32 Å². The summed E-state index contributed by atoms with van der Waals surface area (Å²) < 4.78 is 39.7. The van der Waals surface area contributed by atoms with Crippen LogP contribution in [-0.4, -0.2) is 11.6 Å². The van der Waals surface area contributed by atoms with Gasteiger partial charge in [0.05, 0.1) is 11.4 Å². The molecule has 3 nitrogen and oxygen atoms in total. The Kier molecular flexibility index (Phi) is 3.29. The van der Waals surface area contributed by atoms with Crippen LogP contribution in [-0.2, 0) is 0 Å². The minimum atomic E-state index is -1.34. The Morgan fingerprint density at radius 1 is 0.818 bits per heavy atom. The number of hydrogen-bond donors (Lipinski definition) is 1. The third kappa shape index (κ3) is 2.28. The van der Waals surface area contributed by atoms with E-state index in [1.165, 1.54) is 12.1 Å². The summed E-state index contributed by atoms with van der Waals surface area (Å²) in [5.41, 5.74) is -0.219. The fraction of sp³-hybridized carbons (Fsp3) is 0. The van der Waals surface area contributed by atoms with Crippen LogP contribution in [0.2, 0.25) is 0 Å². The van der Waals surface area contributed by atoms with Crippen LogP contribution in [0.3, 0.4) is 0 Å². The second-order valence-corrected chi connectivity index (χ2v) is 4.67. The quantitative estimate of drug-likeness (QED) is 0.864. The molecule has 1 N–H and O–H groups in total. The Balaban J connectivity index is 1.99. The van der Waals surface area contributed by atoms with Crippen LogP contribution in [0.25, 0.3) is 0 Å². The summed E-state index contributed by atoms with van der Waals surface area (Å²) in [6.07, 6.45) is 1.01. The molecule has 0 saturated carbocycles. The molecule has 2 aromatic carbocycles. The maximum atomic E-state index is 13.6. The maximum absolute atomic E-state index is 13.6. The Morgan fingerprint density at radius 2 is 1.45 bits per heavy atom. The summed E-state index contributed by atoms with van der Waals surface area (Å²) in [6.45, 7) is 0. The van der Waals surface area contributed by atoms with Crippen LogP contribution in [0.15, 0.2) is 48.2 Å². The lowest BCUT2D eigenvalue weighted by atomic mass is 9.92. The van der Waals surface area contributed by atoms with Crippen molar-refractivity contribution in [1.82, 2.24) is 0 Å². The van der Waals surface area contributed by atoms with Gasteiger partial charge in [0.15, 0.2) is 17.4 Å². The Bertz CT molecular complexity index is 843. The lowest BCUT2D eigenvalue weighted by Crippen LogP contribution is -2.21. The number of carbonyl (C=O) groups is 2. The van der Waals surface area contributed by atoms with Crippen molar-refractivity contribution in [3.8, 4) is 0 Å². The molecule has 0 radical (unpaired) electrons. The molecule has 6 heteroatoms. The highest BCUT2D eigenvalue weighted by atomic mass is 19.2. The molecule has 0 aliphatic heterocycles. The highest BCUT2D eigenvalue weighted by molar-refractivity contribution is 6.25. The van der Waals surface area contributed by atoms with Crippen LogP contribution in [0.5, 0.6) is 0 Å². The normalized spacial score (nSPS) is 13.7. The smallest absolute Gasteiger partial charge is 0.210 e. The number of halogens is 3. The topological polar surface area (TPSA) is 46.2 Å². The number of allylic oxidation sites excluding steroid dienone is 2. The standard InChI is InChI=1S/C16H8F3NO2/c17-10-5-12(19)13(6-11(10)18)20-14-7-15(21)8-3-1-2-4-9(8)16(14)22/h1-7,20H. The number of hydrogen-bond acceptors (Lipinski definition) is 3. The second kappa shape index (κ2) is 5.14. The number of rotatable bonds is 2. The van der Waals surface area contributed by atoms with Crippen LogP contribution in [0.4, 0.5) is 18.9 Å². The molecule has 110 valence electrons. The molecule has 0 heterocycles. The maximum Gasteiger partial charge on any atom is 0.210 e. The minimum absolute atomic E-state index is 0.167. The van der Waals surface area contributed by atoms with Gasteiger partial charge in [-0.3, -0.25) is 9.59 Å². The van der Waals surface area contributed by atoms with Crippen molar-refractivity contribution in [2.45, 2.75) is 0 Å².